The predicted molar refractivity (Wildman–Crippen MR) is 54.1 cm³/mol. The lowest BCUT2D eigenvalue weighted by Gasteiger charge is -2.39. The van der Waals surface area contributed by atoms with E-state index in [-0.39, 0.29) is 22.8 Å². The molecule has 1 rings (SSSR count). The van der Waals surface area contributed by atoms with Gasteiger partial charge in [-0.1, -0.05) is 0 Å². The third-order valence-electron chi connectivity index (χ3n) is 2.82. The summed E-state index contributed by atoms with van der Waals surface area (Å²) in [7, 11) is 0. The molecule has 0 radical (unpaired) electrons. The van der Waals surface area contributed by atoms with Gasteiger partial charge in [0.25, 0.3) is 0 Å². The summed E-state index contributed by atoms with van der Waals surface area (Å²) in [5, 5.41) is 0.754. The van der Waals surface area contributed by atoms with E-state index >= 15 is 0 Å². The van der Waals surface area contributed by atoms with E-state index < -0.39 is 41.4 Å². The number of alkyl halides is 13. The van der Waals surface area contributed by atoms with Crippen LogP contribution < -0.4 is 0 Å². The lowest BCUT2D eigenvalue weighted by molar-refractivity contribution is -0.441. The molecule has 0 atom stereocenters. The fraction of sp³-hybridized carbons (Fsp3) is 0.600. The molecule has 0 bridgehead atoms. The van der Waals surface area contributed by atoms with Crippen molar-refractivity contribution in [1.82, 2.24) is 0 Å². The molecule has 0 aliphatic carbocycles. The highest BCUT2D eigenvalue weighted by Crippen LogP contribution is 2.62. The summed E-state index contributed by atoms with van der Waals surface area (Å²) < 4.78 is 166. The Balaban J connectivity index is 3.51. The Hall–Kier alpha value is -1.21. The predicted octanol–water partition coefficient (Wildman–Crippen LogP) is 5.94. The van der Waals surface area contributed by atoms with Crippen LogP contribution in [-0.2, 0) is 5.92 Å². The molecule has 140 valence electrons. The Morgan fingerprint density at radius 3 is 1.33 bits per heavy atom. The number of thiophene rings is 1. The molecule has 0 aliphatic heterocycles. The molecule has 14 heteroatoms. The van der Waals surface area contributed by atoms with Gasteiger partial charge in [0.2, 0.25) is 0 Å². The normalized spacial score (nSPS) is 15.7. The lowest BCUT2D eigenvalue weighted by Crippen LogP contribution is -2.69. The average molecular weight is 402 g/mol. The van der Waals surface area contributed by atoms with Crippen molar-refractivity contribution in [2.75, 3.05) is 0 Å². The van der Waals surface area contributed by atoms with Gasteiger partial charge in [0.05, 0.1) is 0 Å². The van der Waals surface area contributed by atoms with Crippen LogP contribution in [0.1, 0.15) is 5.56 Å². The first-order valence-corrected chi connectivity index (χ1v) is 6.28. The van der Waals surface area contributed by atoms with Gasteiger partial charge in [-0.25, -0.2) is 0 Å². The van der Waals surface area contributed by atoms with Crippen LogP contribution >= 0.6 is 11.3 Å². The SMILES string of the molecule is FC(F)(F)C(F)(F)C(F)(F)C(F)(F)C(F)(F)C(F)(F)c1ccsc1. The topological polar surface area (TPSA) is 0 Å². The van der Waals surface area contributed by atoms with Gasteiger partial charge < -0.3 is 0 Å². The van der Waals surface area contributed by atoms with Crippen molar-refractivity contribution in [1.29, 1.82) is 0 Å². The number of hydrogen-bond acceptors (Lipinski definition) is 1. The second kappa shape index (κ2) is 5.39. The highest BCUT2D eigenvalue weighted by atomic mass is 32.1. The molecule has 1 heterocycles. The van der Waals surface area contributed by atoms with Crippen molar-refractivity contribution >= 4 is 11.3 Å². The van der Waals surface area contributed by atoms with E-state index in [1.807, 2.05) is 0 Å². The zero-order chi connectivity index (χ0) is 19.4. The van der Waals surface area contributed by atoms with Crippen molar-refractivity contribution in [2.24, 2.45) is 0 Å². The van der Waals surface area contributed by atoms with E-state index in [9.17, 15) is 57.1 Å². The third kappa shape index (κ3) is 2.52. The summed E-state index contributed by atoms with van der Waals surface area (Å²) in [6, 6.07) is 0.0920. The fourth-order valence-electron chi connectivity index (χ4n) is 1.39. The monoisotopic (exact) mass is 402 g/mol. The number of rotatable bonds is 5. The van der Waals surface area contributed by atoms with E-state index in [1.54, 1.807) is 0 Å². The largest absolute Gasteiger partial charge is 0.460 e. The van der Waals surface area contributed by atoms with Gasteiger partial charge in [-0.3, -0.25) is 0 Å². The molecule has 1 aromatic heterocycles. The Bertz CT molecular complexity index is 568. The zero-order valence-corrected chi connectivity index (χ0v) is 11.4. The summed E-state index contributed by atoms with van der Waals surface area (Å²) in [5.41, 5.74) is -1.96. The van der Waals surface area contributed by atoms with Gasteiger partial charge >= 0.3 is 35.8 Å². The molecule has 0 fully saturated rings. The minimum atomic E-state index is -7.86. The lowest BCUT2D eigenvalue weighted by atomic mass is 9.91. The molecule has 0 amide bonds. The second-order valence-corrected chi connectivity index (χ2v) is 5.16. The van der Waals surface area contributed by atoms with Crippen molar-refractivity contribution in [3.63, 3.8) is 0 Å². The smallest absolute Gasteiger partial charge is 0.194 e. The summed E-state index contributed by atoms with van der Waals surface area (Å²) in [6.07, 6.45) is -7.40. The van der Waals surface area contributed by atoms with Crippen LogP contribution in [0.15, 0.2) is 16.8 Å². The van der Waals surface area contributed by atoms with Crippen LogP contribution in [0.3, 0.4) is 0 Å². The average Bonchev–Trinajstić information content (AvgIpc) is 2.90. The van der Waals surface area contributed by atoms with E-state index in [4.69, 9.17) is 0 Å². The first-order chi connectivity index (χ1) is 10.4. The summed E-state index contributed by atoms with van der Waals surface area (Å²) in [4.78, 5) is 0. The van der Waals surface area contributed by atoms with Crippen molar-refractivity contribution in [3.05, 3.63) is 22.4 Å². The second-order valence-electron chi connectivity index (χ2n) is 4.38. The molecule has 0 nitrogen and oxygen atoms in total. The Morgan fingerprint density at radius 1 is 0.583 bits per heavy atom. The van der Waals surface area contributed by atoms with Crippen LogP contribution in [0.5, 0.6) is 0 Å². The molecule has 0 aliphatic rings. The van der Waals surface area contributed by atoms with Gasteiger partial charge in [-0.15, -0.1) is 0 Å². The molecule has 1 aromatic rings. The molecule has 0 spiro atoms. The standard InChI is InChI=1S/C10H3F13S/c11-5(12,4-1-2-24-3-4)6(13,14)7(15,16)8(17,18)9(19,20)10(21,22)23/h1-3H. The zero-order valence-electron chi connectivity index (χ0n) is 10.6. The summed E-state index contributed by atoms with van der Waals surface area (Å²) in [5.74, 6) is -36.7. The maximum atomic E-state index is 13.4. The highest BCUT2D eigenvalue weighted by molar-refractivity contribution is 7.08. The molecule has 0 saturated carbocycles. The molecule has 0 aromatic carbocycles. The Labute approximate surface area is 127 Å². The third-order valence-corrected chi connectivity index (χ3v) is 3.50. The Morgan fingerprint density at radius 2 is 1.00 bits per heavy atom. The van der Waals surface area contributed by atoms with Crippen LogP contribution in [0.2, 0.25) is 0 Å². The minimum absolute atomic E-state index is 0.0920. The molecule has 0 N–H and O–H groups in total. The maximum Gasteiger partial charge on any atom is 0.460 e. The molecular weight excluding hydrogens is 399 g/mol. The highest BCUT2D eigenvalue weighted by Gasteiger charge is 2.90. The van der Waals surface area contributed by atoms with Gasteiger partial charge in [0.1, 0.15) is 0 Å². The maximum absolute atomic E-state index is 13.4. The van der Waals surface area contributed by atoms with Crippen LogP contribution in [0.25, 0.3) is 0 Å². The minimum Gasteiger partial charge on any atom is -0.194 e. The summed E-state index contributed by atoms with van der Waals surface area (Å²) >= 11 is 0.237. The number of hydrogen-bond donors (Lipinski definition) is 0. The van der Waals surface area contributed by atoms with E-state index in [0.29, 0.717) is 5.38 Å². The molecular formula is C10H3F13S. The van der Waals surface area contributed by atoms with Crippen molar-refractivity contribution < 1.29 is 57.1 Å². The van der Waals surface area contributed by atoms with E-state index in [0.717, 1.165) is 0 Å². The first kappa shape index (κ1) is 20.8. The summed E-state index contributed by atoms with van der Waals surface area (Å²) in [6.45, 7) is 0. The van der Waals surface area contributed by atoms with Crippen LogP contribution in [0, 0.1) is 0 Å². The quantitative estimate of drug-likeness (QED) is 0.535. The Kier molecular flexibility index (Phi) is 4.68. The molecule has 0 unspecified atom stereocenters. The van der Waals surface area contributed by atoms with Gasteiger partial charge in [0.15, 0.2) is 0 Å². The molecule has 0 saturated heterocycles. The van der Waals surface area contributed by atoms with Crippen molar-refractivity contribution in [3.8, 4) is 0 Å². The van der Waals surface area contributed by atoms with Crippen LogP contribution in [-0.4, -0.2) is 29.9 Å². The van der Waals surface area contributed by atoms with Crippen LogP contribution in [0.4, 0.5) is 57.1 Å². The van der Waals surface area contributed by atoms with Crippen molar-refractivity contribution in [2.45, 2.75) is 35.8 Å². The van der Waals surface area contributed by atoms with Gasteiger partial charge in [0, 0.05) is 10.9 Å². The first-order valence-electron chi connectivity index (χ1n) is 5.34. The van der Waals surface area contributed by atoms with E-state index in [2.05, 4.69) is 0 Å². The van der Waals surface area contributed by atoms with Gasteiger partial charge in [-0.2, -0.15) is 68.4 Å². The van der Waals surface area contributed by atoms with Gasteiger partial charge in [-0.05, 0) is 11.4 Å². The fourth-order valence-corrected chi connectivity index (χ4v) is 2.07. The van der Waals surface area contributed by atoms with E-state index in [1.165, 1.54) is 0 Å². The molecule has 24 heavy (non-hydrogen) atoms. The number of halogens is 13.